The fraction of sp³-hybridized carbons (Fsp3) is 0.913. The largest absolute Gasteiger partial charge is 0.477 e. The topological polar surface area (TPSA) is 245 Å². The van der Waals surface area contributed by atoms with Gasteiger partial charge in [-0.2, -0.15) is 0 Å². The predicted molar refractivity (Wildman–Crippen MR) is 134 cm³/mol. The fourth-order valence-corrected chi connectivity index (χ4v) is 5.23. The molecule has 1 amide bonds. The minimum Gasteiger partial charge on any atom is -0.477 e. The van der Waals surface area contributed by atoms with E-state index in [0.717, 1.165) is 6.92 Å². The number of carbonyl (C=O) groups excluding carboxylic acids is 1. The minimum atomic E-state index is -2.69. The van der Waals surface area contributed by atoms with Crippen LogP contribution in [0.25, 0.3) is 0 Å². The van der Waals surface area contributed by atoms with Crippen LogP contribution in [-0.4, -0.2) is 147 Å². The Morgan fingerprint density at radius 2 is 1.69 bits per heavy atom. The predicted octanol–water partition coefficient (Wildman–Crippen LogP) is -3.30. The summed E-state index contributed by atoms with van der Waals surface area (Å²) in [5.74, 6) is -5.09. The Morgan fingerprint density at radius 3 is 2.21 bits per heavy atom. The maximum absolute atomic E-state index is 12.4. The SMILES string of the molecule is CC(=O)N[C@H]1[C@H]([C@H](O)[C@H](O)CO)O[C@@](O[C@H](C)[C@H]2O[C@@H](OCC[Si](C)(C)C)[C@H](O)[C@@H](O)[C@H]2O)(C(=O)O)C[C@@H]1O. The second-order valence-corrected chi connectivity index (χ2v) is 16.9. The van der Waals surface area contributed by atoms with E-state index < -0.39 is 106 Å². The third-order valence-electron chi connectivity index (χ3n) is 6.77. The minimum absolute atomic E-state index is 0.202. The molecule has 39 heavy (non-hydrogen) atoms. The molecule has 228 valence electrons. The molecule has 2 saturated heterocycles. The number of nitrogens with one attached hydrogen (secondary N) is 1. The number of carboxylic acid groups (broad SMARTS) is 1. The number of aliphatic carboxylic acids is 1. The smallest absolute Gasteiger partial charge is 0.364 e. The molecular formula is C23H43NO14Si. The van der Waals surface area contributed by atoms with E-state index in [9.17, 15) is 50.4 Å². The molecule has 0 bridgehead atoms. The van der Waals surface area contributed by atoms with Crippen molar-refractivity contribution in [2.45, 2.75) is 119 Å². The van der Waals surface area contributed by atoms with Gasteiger partial charge in [0, 0.05) is 28.0 Å². The number of hydrogen-bond donors (Lipinski definition) is 9. The van der Waals surface area contributed by atoms with Crippen LogP contribution in [-0.2, 0) is 28.5 Å². The lowest BCUT2D eigenvalue weighted by Crippen LogP contribution is -2.69. The van der Waals surface area contributed by atoms with Gasteiger partial charge in [-0.25, -0.2) is 4.79 Å². The number of carbonyl (C=O) groups is 2. The Hall–Kier alpha value is -1.28. The van der Waals surface area contributed by atoms with Gasteiger partial charge < -0.3 is 65.1 Å². The molecule has 16 heteroatoms. The Morgan fingerprint density at radius 1 is 1.08 bits per heavy atom. The molecule has 0 aliphatic carbocycles. The summed E-state index contributed by atoms with van der Waals surface area (Å²) >= 11 is 0. The van der Waals surface area contributed by atoms with Crippen LogP contribution in [0.3, 0.4) is 0 Å². The molecule has 2 rings (SSSR count). The van der Waals surface area contributed by atoms with Gasteiger partial charge in [0.1, 0.15) is 42.7 Å². The monoisotopic (exact) mass is 585 g/mol. The highest BCUT2D eigenvalue weighted by Gasteiger charge is 2.58. The number of ether oxygens (including phenoxy) is 4. The summed E-state index contributed by atoms with van der Waals surface area (Å²) in [7, 11) is -1.52. The van der Waals surface area contributed by atoms with Crippen LogP contribution in [0.4, 0.5) is 0 Å². The molecule has 0 aromatic carbocycles. The van der Waals surface area contributed by atoms with Gasteiger partial charge in [-0.3, -0.25) is 4.79 Å². The molecule has 0 aromatic heterocycles. The molecule has 9 N–H and O–H groups in total. The molecule has 2 aliphatic rings. The highest BCUT2D eigenvalue weighted by molar-refractivity contribution is 6.76. The number of hydrogen-bond acceptors (Lipinski definition) is 13. The number of aliphatic hydroxyl groups excluding tert-OH is 7. The zero-order valence-corrected chi connectivity index (χ0v) is 23.7. The maximum Gasteiger partial charge on any atom is 0.364 e. The molecule has 0 radical (unpaired) electrons. The molecule has 15 nitrogen and oxygen atoms in total. The number of carboxylic acids is 1. The summed E-state index contributed by atoms with van der Waals surface area (Å²) in [5.41, 5.74) is 0. The van der Waals surface area contributed by atoms with Crippen molar-refractivity contribution >= 4 is 20.0 Å². The van der Waals surface area contributed by atoms with E-state index in [0.29, 0.717) is 6.04 Å². The van der Waals surface area contributed by atoms with Crippen molar-refractivity contribution in [2.75, 3.05) is 13.2 Å². The Kier molecular flexibility index (Phi) is 11.8. The molecule has 2 fully saturated rings. The van der Waals surface area contributed by atoms with E-state index in [-0.39, 0.29) is 6.61 Å². The number of rotatable bonds is 12. The van der Waals surface area contributed by atoms with Gasteiger partial charge in [-0.1, -0.05) is 19.6 Å². The molecule has 0 saturated carbocycles. The quantitative estimate of drug-likeness (QED) is 0.102. The van der Waals surface area contributed by atoms with Gasteiger partial charge in [0.25, 0.3) is 5.79 Å². The van der Waals surface area contributed by atoms with Crippen molar-refractivity contribution in [3.05, 3.63) is 0 Å². The summed E-state index contributed by atoms with van der Waals surface area (Å²) in [4.78, 5) is 24.1. The zero-order chi connectivity index (χ0) is 29.9. The van der Waals surface area contributed by atoms with Crippen LogP contribution in [0.2, 0.25) is 25.7 Å². The zero-order valence-electron chi connectivity index (χ0n) is 22.7. The van der Waals surface area contributed by atoms with Crippen molar-refractivity contribution in [3.8, 4) is 0 Å². The van der Waals surface area contributed by atoms with Crippen LogP contribution in [0.15, 0.2) is 0 Å². The van der Waals surface area contributed by atoms with Crippen LogP contribution < -0.4 is 5.32 Å². The van der Waals surface area contributed by atoms with E-state index >= 15 is 0 Å². The number of aliphatic hydroxyl groups is 7. The first-order valence-corrected chi connectivity index (χ1v) is 16.5. The average Bonchev–Trinajstić information content (AvgIpc) is 2.83. The number of amides is 1. The van der Waals surface area contributed by atoms with Gasteiger partial charge >= 0.3 is 5.97 Å². The van der Waals surface area contributed by atoms with E-state index in [4.69, 9.17) is 18.9 Å². The third-order valence-corrected chi connectivity index (χ3v) is 8.47. The molecule has 0 spiro atoms. The summed E-state index contributed by atoms with van der Waals surface area (Å²) in [6, 6.07) is -0.676. The van der Waals surface area contributed by atoms with Gasteiger partial charge in [0.2, 0.25) is 5.91 Å². The van der Waals surface area contributed by atoms with Gasteiger partial charge in [-0.15, -0.1) is 0 Å². The van der Waals surface area contributed by atoms with Crippen molar-refractivity contribution in [1.29, 1.82) is 0 Å². The van der Waals surface area contributed by atoms with Crippen molar-refractivity contribution < 1.29 is 69.4 Å². The van der Waals surface area contributed by atoms with E-state index in [1.165, 1.54) is 6.92 Å². The second kappa shape index (κ2) is 13.6. The van der Waals surface area contributed by atoms with Gasteiger partial charge in [0.05, 0.1) is 24.9 Å². The lowest BCUT2D eigenvalue weighted by atomic mass is 9.88. The maximum atomic E-state index is 12.4. The van der Waals surface area contributed by atoms with Gasteiger partial charge in [-0.05, 0) is 13.0 Å². The first-order valence-electron chi connectivity index (χ1n) is 12.8. The Bertz CT molecular complexity index is 829. The molecular weight excluding hydrogens is 542 g/mol. The van der Waals surface area contributed by atoms with Crippen LogP contribution in [0.5, 0.6) is 0 Å². The summed E-state index contributed by atoms with van der Waals surface area (Å²) in [6.07, 6.45) is -17.2. The van der Waals surface area contributed by atoms with Crippen LogP contribution in [0, 0.1) is 0 Å². The molecule has 12 atom stereocenters. The van der Waals surface area contributed by atoms with Gasteiger partial charge in [0.15, 0.2) is 6.29 Å². The standard InChI is InChI=1S/C23H43NO14Si/c1-10(19-17(31)16(30)18(32)21(36-19)35-6-7-39(3,4)5)37-23(22(33)34)8-12(27)14(24-11(2)26)20(38-23)15(29)13(28)9-25/h10,12-21,25,27-32H,6-9H2,1-5H3,(H,24,26)(H,33,34)/t10-,12+,13-,14-,15-,16+,17-,18-,19-,20-,21-,23-/m1/s1. The van der Waals surface area contributed by atoms with Crippen LogP contribution in [0.1, 0.15) is 20.3 Å². The highest BCUT2D eigenvalue weighted by atomic mass is 28.3. The first kappa shape index (κ1) is 33.9. The van der Waals surface area contributed by atoms with Crippen molar-refractivity contribution in [3.63, 3.8) is 0 Å². The summed E-state index contributed by atoms with van der Waals surface area (Å²) < 4.78 is 22.6. The highest BCUT2D eigenvalue weighted by Crippen LogP contribution is 2.36. The summed E-state index contributed by atoms with van der Waals surface area (Å²) in [5, 5.41) is 84.3. The molecule has 0 unspecified atom stereocenters. The normalized spacial score (nSPS) is 38.1. The summed E-state index contributed by atoms with van der Waals surface area (Å²) in [6.45, 7) is 7.99. The molecule has 0 aromatic rings. The Labute approximate surface area is 227 Å². The lowest BCUT2D eigenvalue weighted by Gasteiger charge is -2.49. The first-order chi connectivity index (χ1) is 17.9. The van der Waals surface area contributed by atoms with Crippen LogP contribution >= 0.6 is 0 Å². The fourth-order valence-electron chi connectivity index (χ4n) is 4.50. The van der Waals surface area contributed by atoms with E-state index in [1.807, 2.05) is 0 Å². The third kappa shape index (κ3) is 8.37. The Balaban J connectivity index is 2.30. The van der Waals surface area contributed by atoms with E-state index in [1.54, 1.807) is 0 Å². The second-order valence-electron chi connectivity index (χ2n) is 11.3. The molecule has 2 aliphatic heterocycles. The average molecular weight is 586 g/mol. The van der Waals surface area contributed by atoms with Crippen molar-refractivity contribution in [2.24, 2.45) is 0 Å². The van der Waals surface area contributed by atoms with Crippen molar-refractivity contribution in [1.82, 2.24) is 5.32 Å². The lowest BCUT2D eigenvalue weighted by molar-refractivity contribution is -0.353. The molecule has 2 heterocycles. The van der Waals surface area contributed by atoms with E-state index in [2.05, 4.69) is 25.0 Å².